The summed E-state index contributed by atoms with van der Waals surface area (Å²) in [7, 11) is 3.19. The second kappa shape index (κ2) is 6.30. The standard InChI is InChI=1S/C14H20O3/c1-10(2)5-6-14(15)11-7-12(16-3)9-13(8-11)17-4/h7-9,14-15H,1,5-6H2,2-4H3. The van der Waals surface area contributed by atoms with Crippen molar-refractivity contribution in [3.63, 3.8) is 0 Å². The van der Waals surface area contributed by atoms with E-state index in [2.05, 4.69) is 6.58 Å². The molecule has 1 rings (SSSR count). The van der Waals surface area contributed by atoms with Crippen molar-refractivity contribution in [3.05, 3.63) is 35.9 Å². The molecular formula is C14H20O3. The molecule has 3 nitrogen and oxygen atoms in total. The molecule has 0 aliphatic carbocycles. The maximum atomic E-state index is 10.1. The first-order valence-electron chi connectivity index (χ1n) is 5.62. The zero-order valence-electron chi connectivity index (χ0n) is 10.7. The average Bonchev–Trinajstić information content (AvgIpc) is 2.34. The number of aliphatic hydroxyl groups excluding tert-OH is 1. The highest BCUT2D eigenvalue weighted by Gasteiger charge is 2.10. The molecule has 1 atom stereocenters. The lowest BCUT2D eigenvalue weighted by Crippen LogP contribution is -1.99. The monoisotopic (exact) mass is 236 g/mol. The molecule has 0 amide bonds. The van der Waals surface area contributed by atoms with Crippen LogP contribution in [0.4, 0.5) is 0 Å². The predicted octanol–water partition coefficient (Wildman–Crippen LogP) is 3.09. The lowest BCUT2D eigenvalue weighted by atomic mass is 10.0. The number of rotatable bonds is 6. The van der Waals surface area contributed by atoms with E-state index in [1.807, 2.05) is 19.1 Å². The van der Waals surface area contributed by atoms with E-state index in [1.165, 1.54) is 0 Å². The SMILES string of the molecule is C=C(C)CCC(O)c1cc(OC)cc(OC)c1. The van der Waals surface area contributed by atoms with Crippen LogP contribution in [0.15, 0.2) is 30.4 Å². The number of aliphatic hydroxyl groups is 1. The summed E-state index contributed by atoms with van der Waals surface area (Å²) in [6.45, 7) is 5.78. The summed E-state index contributed by atoms with van der Waals surface area (Å²) in [5, 5.41) is 10.1. The van der Waals surface area contributed by atoms with Crippen LogP contribution in [0.5, 0.6) is 11.5 Å². The molecule has 3 heteroatoms. The molecule has 17 heavy (non-hydrogen) atoms. The molecule has 0 bridgehead atoms. The molecule has 1 aromatic rings. The van der Waals surface area contributed by atoms with Gasteiger partial charge in [0.05, 0.1) is 20.3 Å². The van der Waals surface area contributed by atoms with Crippen molar-refractivity contribution in [1.29, 1.82) is 0 Å². The van der Waals surface area contributed by atoms with Crippen molar-refractivity contribution in [2.45, 2.75) is 25.9 Å². The molecular weight excluding hydrogens is 216 g/mol. The van der Waals surface area contributed by atoms with Gasteiger partial charge in [-0.2, -0.15) is 0 Å². The Hall–Kier alpha value is -1.48. The lowest BCUT2D eigenvalue weighted by molar-refractivity contribution is 0.167. The van der Waals surface area contributed by atoms with Crippen LogP contribution in [0.1, 0.15) is 31.4 Å². The van der Waals surface area contributed by atoms with Gasteiger partial charge >= 0.3 is 0 Å². The molecule has 0 aliphatic rings. The fourth-order valence-electron chi connectivity index (χ4n) is 1.57. The van der Waals surface area contributed by atoms with Gasteiger partial charge in [0.2, 0.25) is 0 Å². The zero-order valence-corrected chi connectivity index (χ0v) is 10.7. The van der Waals surface area contributed by atoms with Crippen molar-refractivity contribution < 1.29 is 14.6 Å². The molecule has 0 spiro atoms. The van der Waals surface area contributed by atoms with Crippen molar-refractivity contribution in [1.82, 2.24) is 0 Å². The van der Waals surface area contributed by atoms with E-state index in [-0.39, 0.29) is 0 Å². The summed E-state index contributed by atoms with van der Waals surface area (Å²) < 4.78 is 10.3. The predicted molar refractivity (Wildman–Crippen MR) is 68.6 cm³/mol. The highest BCUT2D eigenvalue weighted by Crippen LogP contribution is 2.28. The minimum absolute atomic E-state index is 0.518. The van der Waals surface area contributed by atoms with Gasteiger partial charge in [0.25, 0.3) is 0 Å². The summed E-state index contributed by atoms with van der Waals surface area (Å²) in [6, 6.07) is 5.44. The second-order valence-corrected chi connectivity index (χ2v) is 4.16. The van der Waals surface area contributed by atoms with Gasteiger partial charge in [0.1, 0.15) is 11.5 Å². The number of methoxy groups -OCH3 is 2. The fourth-order valence-corrected chi connectivity index (χ4v) is 1.57. The van der Waals surface area contributed by atoms with Crippen LogP contribution in [0.2, 0.25) is 0 Å². The van der Waals surface area contributed by atoms with Crippen molar-refractivity contribution >= 4 is 0 Å². The Balaban J connectivity index is 2.84. The number of hydrogen-bond donors (Lipinski definition) is 1. The number of benzene rings is 1. The molecule has 0 saturated heterocycles. The van der Waals surface area contributed by atoms with Gasteiger partial charge in [-0.15, -0.1) is 6.58 Å². The quantitative estimate of drug-likeness (QED) is 0.771. The first kappa shape index (κ1) is 13.6. The zero-order chi connectivity index (χ0) is 12.8. The van der Waals surface area contributed by atoms with Crippen molar-refractivity contribution in [2.75, 3.05) is 14.2 Å². The molecule has 0 aliphatic heterocycles. The lowest BCUT2D eigenvalue weighted by Gasteiger charge is -2.13. The van der Waals surface area contributed by atoms with Gasteiger partial charge in [0.15, 0.2) is 0 Å². The van der Waals surface area contributed by atoms with E-state index >= 15 is 0 Å². The Morgan fingerprint density at radius 2 is 1.76 bits per heavy atom. The van der Waals surface area contributed by atoms with Gasteiger partial charge in [-0.1, -0.05) is 5.57 Å². The molecule has 1 unspecified atom stereocenters. The van der Waals surface area contributed by atoms with E-state index in [9.17, 15) is 5.11 Å². The third-order valence-electron chi connectivity index (χ3n) is 2.60. The summed E-state index contributed by atoms with van der Waals surface area (Å²) >= 11 is 0. The van der Waals surface area contributed by atoms with Crippen LogP contribution in [0.25, 0.3) is 0 Å². The van der Waals surface area contributed by atoms with E-state index < -0.39 is 6.10 Å². The molecule has 0 heterocycles. The fraction of sp³-hybridized carbons (Fsp3) is 0.429. The molecule has 94 valence electrons. The number of hydrogen-bond acceptors (Lipinski definition) is 3. The van der Waals surface area contributed by atoms with Crippen molar-refractivity contribution in [3.8, 4) is 11.5 Å². The Morgan fingerprint density at radius 1 is 1.24 bits per heavy atom. The smallest absolute Gasteiger partial charge is 0.122 e. The first-order chi connectivity index (χ1) is 8.06. The topological polar surface area (TPSA) is 38.7 Å². The highest BCUT2D eigenvalue weighted by atomic mass is 16.5. The average molecular weight is 236 g/mol. The van der Waals surface area contributed by atoms with Crippen molar-refractivity contribution in [2.24, 2.45) is 0 Å². The Labute approximate surface area is 103 Å². The molecule has 1 N–H and O–H groups in total. The van der Waals surface area contributed by atoms with Crippen LogP contribution < -0.4 is 9.47 Å². The molecule has 0 saturated carbocycles. The summed E-state index contributed by atoms with van der Waals surface area (Å²) in [4.78, 5) is 0. The molecule has 1 aromatic carbocycles. The second-order valence-electron chi connectivity index (χ2n) is 4.16. The largest absolute Gasteiger partial charge is 0.497 e. The third kappa shape index (κ3) is 4.11. The third-order valence-corrected chi connectivity index (χ3v) is 2.60. The molecule has 0 radical (unpaired) electrons. The van der Waals surface area contributed by atoms with E-state index in [1.54, 1.807) is 20.3 Å². The molecule has 0 fully saturated rings. The molecule has 0 aromatic heterocycles. The van der Waals surface area contributed by atoms with Crippen LogP contribution in [-0.2, 0) is 0 Å². The maximum absolute atomic E-state index is 10.1. The van der Waals surface area contributed by atoms with Crippen LogP contribution in [0, 0.1) is 0 Å². The summed E-state index contributed by atoms with van der Waals surface area (Å²) in [5.41, 5.74) is 1.88. The Morgan fingerprint density at radius 3 is 2.18 bits per heavy atom. The number of ether oxygens (including phenoxy) is 2. The highest BCUT2D eigenvalue weighted by molar-refractivity contribution is 5.39. The van der Waals surface area contributed by atoms with E-state index in [0.29, 0.717) is 17.9 Å². The maximum Gasteiger partial charge on any atom is 0.122 e. The van der Waals surface area contributed by atoms with E-state index in [0.717, 1.165) is 17.6 Å². The van der Waals surface area contributed by atoms with Gasteiger partial charge in [-0.25, -0.2) is 0 Å². The first-order valence-corrected chi connectivity index (χ1v) is 5.62. The van der Waals surface area contributed by atoms with Gasteiger partial charge in [-0.05, 0) is 37.5 Å². The minimum Gasteiger partial charge on any atom is -0.497 e. The Kier molecular flexibility index (Phi) is 5.04. The summed E-state index contributed by atoms with van der Waals surface area (Å²) in [5.74, 6) is 1.38. The van der Waals surface area contributed by atoms with Gasteiger partial charge < -0.3 is 14.6 Å². The van der Waals surface area contributed by atoms with Crippen LogP contribution >= 0.6 is 0 Å². The summed E-state index contributed by atoms with van der Waals surface area (Å²) in [6.07, 6.45) is 0.947. The van der Waals surface area contributed by atoms with E-state index in [4.69, 9.17) is 9.47 Å². The minimum atomic E-state index is -0.518. The van der Waals surface area contributed by atoms with Gasteiger partial charge in [-0.3, -0.25) is 0 Å². The Bertz CT molecular complexity index is 363. The van der Waals surface area contributed by atoms with Gasteiger partial charge in [0, 0.05) is 6.07 Å². The number of allylic oxidation sites excluding steroid dienone is 1. The van der Waals surface area contributed by atoms with Crippen LogP contribution in [0.3, 0.4) is 0 Å². The van der Waals surface area contributed by atoms with Crippen LogP contribution in [-0.4, -0.2) is 19.3 Å². The normalized spacial score (nSPS) is 12.0.